The van der Waals surface area contributed by atoms with E-state index in [9.17, 15) is 36.2 Å². The summed E-state index contributed by atoms with van der Waals surface area (Å²) in [5.41, 5.74) is -0.803. The molecule has 0 bridgehead atoms. The zero-order valence-corrected chi connectivity index (χ0v) is 26.5. The van der Waals surface area contributed by atoms with E-state index in [1.165, 1.54) is 42.5 Å². The van der Waals surface area contributed by atoms with Crippen LogP contribution in [0.3, 0.4) is 0 Å². The monoisotopic (exact) mass is 768 g/mol. The molecule has 0 fully saturated rings. The van der Waals surface area contributed by atoms with Gasteiger partial charge < -0.3 is 14.9 Å². The molecule has 0 unspecified atom stereocenters. The Morgan fingerprint density at radius 3 is 1.61 bits per heavy atom. The van der Waals surface area contributed by atoms with Crippen LogP contribution in [-0.4, -0.2) is 11.1 Å². The molecule has 238 valence electrons. The van der Waals surface area contributed by atoms with E-state index in [0.29, 0.717) is 22.1 Å². The molecule has 4 nitrogen and oxygen atoms in total. The second kappa shape index (κ2) is 14.9. The van der Waals surface area contributed by atoms with Gasteiger partial charge in [0.2, 0.25) is 0 Å². The Morgan fingerprint density at radius 1 is 0.696 bits per heavy atom. The smallest absolute Gasteiger partial charge is 0.416 e. The van der Waals surface area contributed by atoms with Gasteiger partial charge in [-0.2, -0.15) is 26.3 Å². The summed E-state index contributed by atoms with van der Waals surface area (Å²) in [6, 6.07) is 30.1. The first kappa shape index (κ1) is 34.7. The zero-order chi connectivity index (χ0) is 33.5. The summed E-state index contributed by atoms with van der Waals surface area (Å²) in [7, 11) is -0.819. The van der Waals surface area contributed by atoms with Crippen LogP contribution in [0.5, 0.6) is 11.5 Å². The van der Waals surface area contributed by atoms with Gasteiger partial charge in [0.25, 0.3) is 0 Å². The number of ether oxygens (including phenoxy) is 1. The lowest BCUT2D eigenvalue weighted by atomic mass is 10.2. The molecule has 1 N–H and O–H groups in total. The third-order valence-electron chi connectivity index (χ3n) is 6.32. The molecule has 5 aromatic rings. The molecule has 0 saturated heterocycles. The topological polar surface area (TPSA) is 69.6 Å². The Bertz CT molecular complexity index is 1690. The van der Waals surface area contributed by atoms with Crippen molar-refractivity contribution in [3.05, 3.63) is 147 Å². The Labute approximate surface area is 276 Å². The normalized spacial score (nSPS) is 11.5. The second-order valence-corrected chi connectivity index (χ2v) is 12.8. The summed E-state index contributed by atoms with van der Waals surface area (Å²) in [4.78, 5) is 12.7. The fraction of sp³-hybridized carbons (Fsp3) is 0.0882. The summed E-state index contributed by atoms with van der Waals surface area (Å²) < 4.78 is 83.5. The van der Waals surface area contributed by atoms with Crippen molar-refractivity contribution in [2.45, 2.75) is 33.6 Å². The number of halogens is 7. The number of hydrogen-bond donors (Lipinski definition) is 1. The van der Waals surface area contributed by atoms with Gasteiger partial charge in [-0.15, -0.1) is 0 Å². The molecule has 0 radical (unpaired) electrons. The number of rotatable bonds is 7. The quantitative estimate of drug-likeness (QED) is 0.102. The molecule has 0 heterocycles. The van der Waals surface area contributed by atoms with Gasteiger partial charge >= 0.3 is 18.3 Å². The number of alkyl halides is 6. The largest absolute Gasteiger partial charge is 0.872 e. The molecule has 0 atom stereocenters. The van der Waals surface area contributed by atoms with Crippen molar-refractivity contribution in [1.82, 2.24) is 0 Å². The molecule has 0 aliphatic carbocycles. The summed E-state index contributed by atoms with van der Waals surface area (Å²) in [5, 5.41) is 20.2. The maximum absolute atomic E-state index is 12.8. The number of hydrogen-bond acceptors (Lipinski definition) is 3. The highest BCUT2D eigenvalue weighted by Gasteiger charge is 2.35. The average Bonchev–Trinajstić information content (AvgIpc) is 3.01. The minimum Gasteiger partial charge on any atom is -0.872 e. The summed E-state index contributed by atoms with van der Waals surface area (Å²) >= 11 is 2.21. The van der Waals surface area contributed by atoms with E-state index in [2.05, 4.69) is 22.6 Å². The van der Waals surface area contributed by atoms with Crippen LogP contribution in [0.15, 0.2) is 136 Å². The third kappa shape index (κ3) is 9.42. The van der Waals surface area contributed by atoms with Gasteiger partial charge in [-0.05, 0) is 119 Å². The molecule has 0 saturated carbocycles. The maximum Gasteiger partial charge on any atom is 0.416 e. The molecule has 5 aromatic carbocycles. The van der Waals surface area contributed by atoms with Crippen LogP contribution in [0.25, 0.3) is 0 Å². The van der Waals surface area contributed by atoms with Crippen molar-refractivity contribution < 1.29 is 46.1 Å². The number of aromatic carboxylic acids is 1. The van der Waals surface area contributed by atoms with Crippen LogP contribution < -0.4 is 9.84 Å². The van der Waals surface area contributed by atoms with Crippen LogP contribution >= 0.6 is 22.6 Å². The van der Waals surface area contributed by atoms with E-state index < -0.39 is 46.1 Å². The first-order valence-corrected chi connectivity index (χ1v) is 15.6. The molecule has 0 aliphatic heterocycles. The predicted octanol–water partition coefficient (Wildman–Crippen LogP) is 9.46. The second-order valence-electron chi connectivity index (χ2n) is 9.54. The van der Waals surface area contributed by atoms with E-state index in [4.69, 9.17) is 9.84 Å². The number of benzene rings is 5. The Morgan fingerprint density at radius 2 is 1.17 bits per heavy atom. The van der Waals surface area contributed by atoms with Crippen molar-refractivity contribution in [1.29, 1.82) is 0 Å². The Balaban J connectivity index is 0.000000222. The van der Waals surface area contributed by atoms with E-state index in [1.807, 2.05) is 24.3 Å². The lowest BCUT2D eigenvalue weighted by Crippen LogP contribution is -2.09. The van der Waals surface area contributed by atoms with Crippen LogP contribution in [0.1, 0.15) is 27.0 Å². The lowest BCUT2D eigenvalue weighted by molar-refractivity contribution is -0.268. The molecular weight excluding hydrogens is 745 g/mol. The van der Waals surface area contributed by atoms with Crippen LogP contribution in [-0.2, 0) is 29.9 Å². The van der Waals surface area contributed by atoms with Crippen LogP contribution in [0.2, 0.25) is 0 Å². The predicted molar refractivity (Wildman–Crippen MR) is 168 cm³/mol. The van der Waals surface area contributed by atoms with Crippen molar-refractivity contribution >= 4 is 39.5 Å². The minimum atomic E-state index is -4.45. The van der Waals surface area contributed by atoms with Crippen molar-refractivity contribution in [3.8, 4) is 11.5 Å². The van der Waals surface area contributed by atoms with Crippen molar-refractivity contribution in [2.75, 3.05) is 0 Å². The third-order valence-corrected chi connectivity index (χ3v) is 9.27. The average molecular weight is 769 g/mol. The van der Waals surface area contributed by atoms with E-state index in [-0.39, 0.29) is 5.56 Å². The van der Waals surface area contributed by atoms with Gasteiger partial charge in [0.1, 0.15) is 12.4 Å². The van der Waals surface area contributed by atoms with Gasteiger partial charge in [0.05, 0.1) is 27.6 Å². The molecule has 5 rings (SSSR count). The van der Waals surface area contributed by atoms with E-state index in [1.54, 1.807) is 30.3 Å². The fourth-order valence-corrected chi connectivity index (χ4v) is 6.46. The van der Waals surface area contributed by atoms with Gasteiger partial charge in [0.15, 0.2) is 14.7 Å². The van der Waals surface area contributed by atoms with Gasteiger partial charge in [-0.1, -0.05) is 36.1 Å². The minimum absolute atomic E-state index is 0.249. The highest BCUT2D eigenvalue weighted by Crippen LogP contribution is 2.36. The fourth-order valence-electron chi connectivity index (χ4n) is 4.04. The Kier molecular flexibility index (Phi) is 11.3. The standard InChI is InChI=1S/C20H13F6S.C14H11IO4/c21-19(22,23)14-6-10-17(11-7-14)27(16-4-2-1-3-5-16)18-12-8-15(9-13-18)20(24,25)26;15-10-3-1-9(2-4-10)8-19-11-5-6-12(14(17)18)13(16)7-11/h1-13H;1-7,16H,8H2,(H,17,18)/q+1;/p-1. The van der Waals surface area contributed by atoms with E-state index >= 15 is 0 Å². The molecular formula is C34H23F6IO4S. The van der Waals surface area contributed by atoms with Gasteiger partial charge in [-0.3, -0.25) is 0 Å². The molecule has 12 heteroatoms. The van der Waals surface area contributed by atoms with E-state index in [0.717, 1.165) is 38.3 Å². The molecule has 0 aliphatic rings. The molecule has 46 heavy (non-hydrogen) atoms. The van der Waals surface area contributed by atoms with Crippen LogP contribution in [0.4, 0.5) is 26.3 Å². The van der Waals surface area contributed by atoms with Crippen LogP contribution in [0, 0.1) is 3.57 Å². The molecule has 0 aromatic heterocycles. The first-order chi connectivity index (χ1) is 21.7. The summed E-state index contributed by atoms with van der Waals surface area (Å²) in [6.45, 7) is 0.336. The molecule has 0 spiro atoms. The first-order valence-electron chi connectivity index (χ1n) is 13.3. The summed E-state index contributed by atoms with van der Waals surface area (Å²) in [5.74, 6) is -1.41. The highest BCUT2D eigenvalue weighted by atomic mass is 127. The lowest BCUT2D eigenvalue weighted by Gasteiger charge is -2.13. The van der Waals surface area contributed by atoms with Crippen molar-refractivity contribution in [3.63, 3.8) is 0 Å². The SMILES string of the molecule is FC(F)(F)c1ccc([S+](c2ccccc2)c2ccc(C(F)(F)F)cc2)cc1.O=C(O)c1ccc(OCc2ccc(I)cc2)cc1[O-]. The van der Waals surface area contributed by atoms with Gasteiger partial charge in [-0.25, -0.2) is 4.79 Å². The summed E-state index contributed by atoms with van der Waals surface area (Å²) in [6.07, 6.45) is -8.89. The number of carboxylic acids is 1. The number of carbonyl (C=O) groups is 1. The Hall–Kier alpha value is -4.17. The highest BCUT2D eigenvalue weighted by molar-refractivity contribution is 14.1. The zero-order valence-electron chi connectivity index (χ0n) is 23.5. The number of carboxylic acid groups (broad SMARTS) is 1. The van der Waals surface area contributed by atoms with Gasteiger partial charge in [0, 0.05) is 3.57 Å². The molecule has 0 amide bonds. The van der Waals surface area contributed by atoms with Crippen molar-refractivity contribution in [2.24, 2.45) is 0 Å². The maximum atomic E-state index is 12.8.